The molecule has 6 nitrogen and oxygen atoms in total. The minimum atomic E-state index is -0.646. The molecule has 0 aliphatic carbocycles. The van der Waals surface area contributed by atoms with Gasteiger partial charge in [0.05, 0.1) is 36.2 Å². The highest BCUT2D eigenvalue weighted by Gasteiger charge is 2.40. The number of carbonyl (C=O) groups is 2. The summed E-state index contributed by atoms with van der Waals surface area (Å²) in [7, 11) is 3.02. The van der Waals surface area contributed by atoms with Crippen molar-refractivity contribution in [3.05, 3.63) is 88.8 Å². The zero-order valence-electron chi connectivity index (χ0n) is 17.2. The van der Waals surface area contributed by atoms with E-state index in [0.717, 1.165) is 11.0 Å². The Kier molecular flexibility index (Phi) is 5.83. The second kappa shape index (κ2) is 8.72. The van der Waals surface area contributed by atoms with Crippen LogP contribution < -0.4 is 19.7 Å². The number of rotatable bonds is 6. The fraction of sp³-hybridized carbons (Fsp3) is 0.0833. The van der Waals surface area contributed by atoms with Crippen LogP contribution in [0.3, 0.4) is 0 Å². The van der Waals surface area contributed by atoms with E-state index in [2.05, 4.69) is 5.32 Å². The minimum absolute atomic E-state index is 0.0603. The van der Waals surface area contributed by atoms with Crippen LogP contribution in [-0.2, 0) is 9.59 Å². The highest BCUT2D eigenvalue weighted by molar-refractivity contribution is 6.46. The normalized spacial score (nSPS) is 13.6. The van der Waals surface area contributed by atoms with Gasteiger partial charge in [-0.2, -0.15) is 0 Å². The maximum atomic E-state index is 13.7. The minimum Gasteiger partial charge on any atom is -0.497 e. The second-order valence-electron chi connectivity index (χ2n) is 6.85. The van der Waals surface area contributed by atoms with E-state index in [1.165, 1.54) is 26.4 Å². The van der Waals surface area contributed by atoms with Gasteiger partial charge in [-0.05, 0) is 35.9 Å². The summed E-state index contributed by atoms with van der Waals surface area (Å²) in [6.45, 7) is 0. The van der Waals surface area contributed by atoms with E-state index in [4.69, 9.17) is 21.1 Å². The molecule has 1 N–H and O–H groups in total. The Hall–Kier alpha value is -3.84. The van der Waals surface area contributed by atoms with Crippen molar-refractivity contribution in [1.82, 2.24) is 0 Å². The lowest BCUT2D eigenvalue weighted by Crippen LogP contribution is -2.32. The molecule has 4 rings (SSSR count). The number of imide groups is 1. The van der Waals surface area contributed by atoms with Gasteiger partial charge in [0, 0.05) is 6.07 Å². The number of hydrogen-bond donors (Lipinski definition) is 1. The van der Waals surface area contributed by atoms with Crippen LogP contribution in [0.15, 0.2) is 72.4 Å². The first kappa shape index (κ1) is 21.4. The summed E-state index contributed by atoms with van der Waals surface area (Å²) < 4.78 is 24.3. The molecule has 0 radical (unpaired) electrons. The predicted molar refractivity (Wildman–Crippen MR) is 120 cm³/mol. The molecule has 0 atom stereocenters. The monoisotopic (exact) mass is 452 g/mol. The first-order valence-corrected chi connectivity index (χ1v) is 9.95. The van der Waals surface area contributed by atoms with Crippen molar-refractivity contribution >= 4 is 40.4 Å². The topological polar surface area (TPSA) is 67.9 Å². The number of methoxy groups -OCH3 is 2. The smallest absolute Gasteiger partial charge is 0.282 e. The van der Waals surface area contributed by atoms with Crippen LogP contribution in [0.4, 0.5) is 15.8 Å². The molecule has 2 amide bonds. The number of amides is 2. The van der Waals surface area contributed by atoms with E-state index in [1.54, 1.807) is 42.5 Å². The molecule has 0 bridgehead atoms. The van der Waals surface area contributed by atoms with Crippen LogP contribution in [0.2, 0.25) is 5.02 Å². The van der Waals surface area contributed by atoms with Gasteiger partial charge in [0.1, 0.15) is 23.0 Å². The molecular formula is C24H18ClFN2O4. The van der Waals surface area contributed by atoms with Crippen LogP contribution in [0.1, 0.15) is 5.56 Å². The fourth-order valence-corrected chi connectivity index (χ4v) is 3.59. The Morgan fingerprint density at radius 2 is 1.66 bits per heavy atom. The van der Waals surface area contributed by atoms with Crippen LogP contribution >= 0.6 is 11.6 Å². The van der Waals surface area contributed by atoms with E-state index in [0.29, 0.717) is 22.7 Å². The Morgan fingerprint density at radius 1 is 0.906 bits per heavy atom. The number of halogens is 2. The van der Waals surface area contributed by atoms with Crippen LogP contribution in [0, 0.1) is 5.82 Å². The number of ether oxygens (including phenoxy) is 2. The first-order valence-electron chi connectivity index (χ1n) is 9.57. The van der Waals surface area contributed by atoms with Crippen molar-refractivity contribution in [3.63, 3.8) is 0 Å². The Balaban J connectivity index is 1.82. The third-order valence-electron chi connectivity index (χ3n) is 4.98. The van der Waals surface area contributed by atoms with E-state index in [-0.39, 0.29) is 22.0 Å². The highest BCUT2D eigenvalue weighted by atomic mass is 35.5. The number of nitrogens with one attached hydrogen (secondary N) is 1. The molecule has 3 aromatic carbocycles. The maximum absolute atomic E-state index is 13.7. The summed E-state index contributed by atoms with van der Waals surface area (Å²) in [5.74, 6) is -0.811. The SMILES string of the molecule is COc1ccc(NC2=C(c3ccccc3)C(=O)N(c3ccc(F)c(Cl)c3)C2=O)c(OC)c1. The number of anilines is 2. The number of nitrogens with zero attached hydrogens (tertiary/aromatic N) is 1. The summed E-state index contributed by atoms with van der Waals surface area (Å²) >= 11 is 5.89. The zero-order valence-corrected chi connectivity index (χ0v) is 17.9. The average Bonchev–Trinajstić information content (AvgIpc) is 3.05. The maximum Gasteiger partial charge on any atom is 0.282 e. The van der Waals surface area contributed by atoms with Gasteiger partial charge in [-0.3, -0.25) is 9.59 Å². The summed E-state index contributed by atoms with van der Waals surface area (Å²) in [6.07, 6.45) is 0. The van der Waals surface area contributed by atoms with E-state index in [9.17, 15) is 14.0 Å². The van der Waals surface area contributed by atoms with Gasteiger partial charge in [0.25, 0.3) is 11.8 Å². The van der Waals surface area contributed by atoms with Crippen LogP contribution in [-0.4, -0.2) is 26.0 Å². The molecule has 162 valence electrons. The summed E-state index contributed by atoms with van der Waals surface area (Å²) in [6, 6.07) is 17.5. The third-order valence-corrected chi connectivity index (χ3v) is 5.27. The predicted octanol–water partition coefficient (Wildman–Crippen LogP) is 4.89. The standard InChI is InChI=1S/C24H18ClFN2O4/c1-31-16-9-11-19(20(13-16)32-2)27-22-21(14-6-4-3-5-7-14)23(29)28(24(22)30)15-8-10-18(26)17(25)12-15/h3-13,27H,1-2H3. The summed E-state index contributed by atoms with van der Waals surface area (Å²) in [5.41, 5.74) is 1.42. The zero-order chi connectivity index (χ0) is 22.8. The molecule has 1 aliphatic rings. The summed E-state index contributed by atoms with van der Waals surface area (Å²) in [5, 5.41) is 2.85. The lowest BCUT2D eigenvalue weighted by Gasteiger charge is -2.16. The van der Waals surface area contributed by atoms with Crippen LogP contribution in [0.5, 0.6) is 11.5 Å². The van der Waals surface area contributed by atoms with Crippen molar-refractivity contribution in [1.29, 1.82) is 0 Å². The third kappa shape index (κ3) is 3.78. The Bertz CT molecular complexity index is 1240. The van der Waals surface area contributed by atoms with Crippen molar-refractivity contribution in [2.45, 2.75) is 0 Å². The first-order chi connectivity index (χ1) is 15.4. The van der Waals surface area contributed by atoms with Crippen molar-refractivity contribution < 1.29 is 23.5 Å². The van der Waals surface area contributed by atoms with Gasteiger partial charge >= 0.3 is 0 Å². The number of carbonyl (C=O) groups excluding carboxylic acids is 2. The quantitative estimate of drug-likeness (QED) is 0.539. The largest absolute Gasteiger partial charge is 0.497 e. The van der Waals surface area contributed by atoms with Crippen molar-refractivity contribution in [2.75, 3.05) is 24.4 Å². The number of hydrogen-bond acceptors (Lipinski definition) is 5. The van der Waals surface area contributed by atoms with Crippen molar-refractivity contribution in [2.24, 2.45) is 0 Å². The molecule has 32 heavy (non-hydrogen) atoms. The molecule has 1 heterocycles. The molecular weight excluding hydrogens is 435 g/mol. The fourth-order valence-electron chi connectivity index (χ4n) is 3.41. The van der Waals surface area contributed by atoms with Gasteiger partial charge in [-0.25, -0.2) is 9.29 Å². The second-order valence-corrected chi connectivity index (χ2v) is 7.26. The molecule has 0 spiro atoms. The van der Waals surface area contributed by atoms with Gasteiger partial charge < -0.3 is 14.8 Å². The van der Waals surface area contributed by atoms with Gasteiger partial charge in [-0.15, -0.1) is 0 Å². The Labute approximate surface area is 188 Å². The highest BCUT2D eigenvalue weighted by Crippen LogP contribution is 2.37. The Morgan fingerprint density at radius 3 is 2.31 bits per heavy atom. The van der Waals surface area contributed by atoms with Crippen molar-refractivity contribution in [3.8, 4) is 11.5 Å². The molecule has 0 unspecified atom stereocenters. The van der Waals surface area contributed by atoms with Gasteiger partial charge in [0.15, 0.2) is 0 Å². The molecule has 3 aromatic rings. The lowest BCUT2D eigenvalue weighted by atomic mass is 10.0. The molecule has 1 aliphatic heterocycles. The molecule has 0 fully saturated rings. The molecule has 8 heteroatoms. The van der Waals surface area contributed by atoms with Gasteiger partial charge in [0.2, 0.25) is 0 Å². The van der Waals surface area contributed by atoms with Crippen LogP contribution in [0.25, 0.3) is 5.57 Å². The molecule has 0 saturated carbocycles. The lowest BCUT2D eigenvalue weighted by molar-refractivity contribution is -0.120. The van der Waals surface area contributed by atoms with Gasteiger partial charge in [-0.1, -0.05) is 41.9 Å². The summed E-state index contributed by atoms with van der Waals surface area (Å²) in [4.78, 5) is 27.8. The van der Waals surface area contributed by atoms with E-state index < -0.39 is 17.6 Å². The average molecular weight is 453 g/mol. The molecule has 0 aromatic heterocycles. The van der Waals surface area contributed by atoms with E-state index in [1.807, 2.05) is 6.07 Å². The number of benzene rings is 3. The molecule has 0 saturated heterocycles. The van der Waals surface area contributed by atoms with E-state index >= 15 is 0 Å².